The van der Waals surface area contributed by atoms with Crippen molar-refractivity contribution in [3.63, 3.8) is 0 Å². The van der Waals surface area contributed by atoms with E-state index >= 15 is 0 Å². The number of rotatable bonds is 5. The molecule has 2 rings (SSSR count). The predicted molar refractivity (Wildman–Crippen MR) is 83.1 cm³/mol. The van der Waals surface area contributed by atoms with Crippen LogP contribution in [0, 0.1) is 0 Å². The molecule has 0 saturated carbocycles. The van der Waals surface area contributed by atoms with Crippen molar-refractivity contribution >= 4 is 43.2 Å². The van der Waals surface area contributed by atoms with Gasteiger partial charge in [-0.15, -0.1) is 11.3 Å². The summed E-state index contributed by atoms with van der Waals surface area (Å²) in [5, 5.41) is 8.06. The number of aryl methyl sites for hydroxylation is 1. The van der Waals surface area contributed by atoms with Crippen LogP contribution in [0.4, 0.5) is 0 Å². The first-order chi connectivity index (χ1) is 8.61. The maximum Gasteiger partial charge on any atom is 0.0840 e. The Morgan fingerprint density at radius 1 is 1.50 bits per heavy atom. The largest absolute Gasteiger partial charge is 0.305 e. The molecule has 98 valence electrons. The van der Waals surface area contributed by atoms with Gasteiger partial charge in [0.1, 0.15) is 0 Å². The van der Waals surface area contributed by atoms with Crippen LogP contribution >= 0.6 is 43.2 Å². The minimum atomic E-state index is 0.142. The molecule has 0 aliphatic heterocycles. The molecular formula is C12H15Br2N3S. The summed E-state index contributed by atoms with van der Waals surface area (Å²) >= 11 is 8.85. The summed E-state index contributed by atoms with van der Waals surface area (Å²) in [6.45, 7) is 3.14. The van der Waals surface area contributed by atoms with E-state index in [1.54, 1.807) is 11.3 Å². The second kappa shape index (κ2) is 6.32. The first kappa shape index (κ1) is 14.2. The van der Waals surface area contributed by atoms with Crippen molar-refractivity contribution < 1.29 is 0 Å². The molecule has 2 aromatic rings. The number of thiophene rings is 1. The summed E-state index contributed by atoms with van der Waals surface area (Å²) < 4.78 is 4.11. The Morgan fingerprint density at radius 3 is 2.78 bits per heavy atom. The van der Waals surface area contributed by atoms with Crippen LogP contribution in [-0.4, -0.2) is 16.3 Å². The van der Waals surface area contributed by atoms with E-state index in [1.807, 2.05) is 17.9 Å². The van der Waals surface area contributed by atoms with Crippen molar-refractivity contribution in [2.45, 2.75) is 19.4 Å². The second-order valence-corrected chi connectivity index (χ2v) is 7.83. The van der Waals surface area contributed by atoms with Crippen LogP contribution in [0.15, 0.2) is 25.9 Å². The van der Waals surface area contributed by atoms with Gasteiger partial charge in [0.15, 0.2) is 0 Å². The highest BCUT2D eigenvalue weighted by Gasteiger charge is 2.20. The highest BCUT2D eigenvalue weighted by atomic mass is 79.9. The SMILES string of the molecule is CCCNC(c1ccn(C)n1)c1cc(Br)sc1Br. The zero-order valence-corrected chi connectivity index (χ0v) is 14.3. The molecule has 2 heterocycles. The Kier molecular flexibility index (Phi) is 5.00. The van der Waals surface area contributed by atoms with Gasteiger partial charge in [-0.1, -0.05) is 6.92 Å². The summed E-state index contributed by atoms with van der Waals surface area (Å²) in [7, 11) is 1.94. The van der Waals surface area contributed by atoms with Gasteiger partial charge in [-0.25, -0.2) is 0 Å². The van der Waals surface area contributed by atoms with Crippen molar-refractivity contribution in [2.24, 2.45) is 7.05 Å². The lowest BCUT2D eigenvalue weighted by Crippen LogP contribution is -2.23. The minimum absolute atomic E-state index is 0.142. The summed E-state index contributed by atoms with van der Waals surface area (Å²) in [5.41, 5.74) is 2.29. The van der Waals surface area contributed by atoms with Crippen molar-refractivity contribution in [3.8, 4) is 0 Å². The lowest BCUT2D eigenvalue weighted by atomic mass is 10.1. The average molecular weight is 393 g/mol. The lowest BCUT2D eigenvalue weighted by molar-refractivity contribution is 0.575. The Labute approximate surface area is 128 Å². The van der Waals surface area contributed by atoms with Gasteiger partial charge in [-0.3, -0.25) is 4.68 Å². The van der Waals surface area contributed by atoms with E-state index in [4.69, 9.17) is 0 Å². The van der Waals surface area contributed by atoms with E-state index < -0.39 is 0 Å². The quantitative estimate of drug-likeness (QED) is 0.830. The molecule has 1 N–H and O–H groups in total. The molecule has 0 radical (unpaired) electrons. The Morgan fingerprint density at radius 2 is 2.28 bits per heavy atom. The number of halogens is 2. The third-order valence-corrected chi connectivity index (χ3v) is 5.01. The summed E-state index contributed by atoms with van der Waals surface area (Å²) in [6.07, 6.45) is 3.08. The third-order valence-electron chi connectivity index (χ3n) is 2.62. The number of nitrogens with zero attached hydrogens (tertiary/aromatic N) is 2. The van der Waals surface area contributed by atoms with E-state index in [0.717, 1.165) is 26.2 Å². The summed E-state index contributed by atoms with van der Waals surface area (Å²) in [4.78, 5) is 0. The van der Waals surface area contributed by atoms with E-state index in [1.165, 1.54) is 5.56 Å². The Bertz CT molecular complexity index is 521. The molecule has 1 unspecified atom stereocenters. The van der Waals surface area contributed by atoms with Gasteiger partial charge in [0.05, 0.1) is 19.3 Å². The van der Waals surface area contributed by atoms with Crippen LogP contribution in [0.2, 0.25) is 0 Å². The second-order valence-electron chi connectivity index (χ2n) is 4.08. The molecule has 0 spiro atoms. The van der Waals surface area contributed by atoms with Crippen LogP contribution in [0.5, 0.6) is 0 Å². The lowest BCUT2D eigenvalue weighted by Gasteiger charge is -2.16. The van der Waals surface area contributed by atoms with Crippen LogP contribution in [-0.2, 0) is 7.05 Å². The zero-order valence-electron chi connectivity index (χ0n) is 10.3. The van der Waals surface area contributed by atoms with Gasteiger partial charge in [0.25, 0.3) is 0 Å². The summed E-state index contributed by atoms with van der Waals surface area (Å²) in [6, 6.07) is 4.35. The van der Waals surface area contributed by atoms with Crippen molar-refractivity contribution in [2.75, 3.05) is 6.54 Å². The highest BCUT2D eigenvalue weighted by molar-refractivity contribution is 9.12. The highest BCUT2D eigenvalue weighted by Crippen LogP contribution is 2.37. The fourth-order valence-corrected chi connectivity index (χ4v) is 4.70. The van der Waals surface area contributed by atoms with E-state index in [0.29, 0.717) is 0 Å². The molecule has 6 heteroatoms. The number of hydrogen-bond donors (Lipinski definition) is 1. The zero-order chi connectivity index (χ0) is 13.1. The van der Waals surface area contributed by atoms with Gasteiger partial charge in [0.2, 0.25) is 0 Å². The topological polar surface area (TPSA) is 29.9 Å². The monoisotopic (exact) mass is 391 g/mol. The molecule has 3 nitrogen and oxygen atoms in total. The standard InChI is InChI=1S/C12H15Br2N3S/c1-3-5-15-11(9-4-6-17(2)16-9)8-7-10(13)18-12(8)14/h4,6-7,11,15H,3,5H2,1-2H3. The van der Waals surface area contributed by atoms with Crippen LogP contribution in [0.3, 0.4) is 0 Å². The first-order valence-electron chi connectivity index (χ1n) is 5.79. The van der Waals surface area contributed by atoms with E-state index in [-0.39, 0.29) is 6.04 Å². The van der Waals surface area contributed by atoms with E-state index in [2.05, 4.69) is 61.3 Å². The third kappa shape index (κ3) is 3.23. The Balaban J connectivity index is 2.33. The number of aromatic nitrogens is 2. The van der Waals surface area contributed by atoms with Gasteiger partial charge >= 0.3 is 0 Å². The van der Waals surface area contributed by atoms with Crippen molar-refractivity contribution in [3.05, 3.63) is 37.2 Å². The first-order valence-corrected chi connectivity index (χ1v) is 8.19. The molecule has 2 aromatic heterocycles. The summed E-state index contributed by atoms with van der Waals surface area (Å²) in [5.74, 6) is 0. The molecule has 0 bridgehead atoms. The van der Waals surface area contributed by atoms with Gasteiger partial charge < -0.3 is 5.32 Å². The van der Waals surface area contributed by atoms with E-state index in [9.17, 15) is 0 Å². The van der Waals surface area contributed by atoms with Crippen LogP contribution in [0.1, 0.15) is 30.6 Å². The maximum absolute atomic E-state index is 4.51. The molecule has 0 aromatic carbocycles. The number of hydrogen-bond acceptors (Lipinski definition) is 3. The predicted octanol–water partition coefficient (Wildman–Crippen LogP) is 4.10. The van der Waals surface area contributed by atoms with Gasteiger partial charge in [-0.05, 0) is 57.0 Å². The van der Waals surface area contributed by atoms with Gasteiger partial charge in [0, 0.05) is 18.8 Å². The molecule has 0 saturated heterocycles. The van der Waals surface area contributed by atoms with Crippen molar-refractivity contribution in [1.29, 1.82) is 0 Å². The molecule has 1 atom stereocenters. The fraction of sp³-hybridized carbons (Fsp3) is 0.417. The molecule has 0 fully saturated rings. The van der Waals surface area contributed by atoms with Crippen LogP contribution in [0.25, 0.3) is 0 Å². The smallest absolute Gasteiger partial charge is 0.0840 e. The fourth-order valence-electron chi connectivity index (χ4n) is 1.80. The molecular weight excluding hydrogens is 378 g/mol. The normalized spacial score (nSPS) is 12.9. The molecule has 0 aliphatic carbocycles. The van der Waals surface area contributed by atoms with Gasteiger partial charge in [-0.2, -0.15) is 5.10 Å². The average Bonchev–Trinajstić information content (AvgIpc) is 2.87. The molecule has 0 aliphatic rings. The van der Waals surface area contributed by atoms with Crippen LogP contribution < -0.4 is 5.32 Å². The molecule has 18 heavy (non-hydrogen) atoms. The number of nitrogens with one attached hydrogen (secondary N) is 1. The Hall–Kier alpha value is -0.170. The minimum Gasteiger partial charge on any atom is -0.305 e. The molecule has 0 amide bonds. The maximum atomic E-state index is 4.51. The van der Waals surface area contributed by atoms with Crippen molar-refractivity contribution in [1.82, 2.24) is 15.1 Å².